The molecule has 1 aromatic rings. The summed E-state index contributed by atoms with van der Waals surface area (Å²) in [4.78, 5) is 0. The predicted octanol–water partition coefficient (Wildman–Crippen LogP) is 2.90. The normalized spacial score (nSPS) is 20.1. The van der Waals surface area contributed by atoms with Crippen LogP contribution in [0.1, 0.15) is 33.3 Å². The number of phenols is 1. The van der Waals surface area contributed by atoms with E-state index in [0.29, 0.717) is 12.0 Å². The van der Waals surface area contributed by atoms with Crippen LogP contribution in [-0.4, -0.2) is 37.0 Å². The van der Waals surface area contributed by atoms with Gasteiger partial charge in [0.05, 0.1) is 11.2 Å². The molecule has 23 heavy (non-hydrogen) atoms. The van der Waals surface area contributed by atoms with Crippen LogP contribution in [0.5, 0.6) is 5.75 Å². The Kier molecular flexibility index (Phi) is 4.85. The fourth-order valence-electron chi connectivity index (χ4n) is 2.30. The van der Waals surface area contributed by atoms with E-state index in [4.69, 9.17) is 9.31 Å². The minimum atomic E-state index is -0.840. The van der Waals surface area contributed by atoms with Crippen LogP contribution >= 0.6 is 0 Å². The van der Waals surface area contributed by atoms with Gasteiger partial charge in [-0.2, -0.15) is 0 Å². The molecule has 0 bridgehead atoms. The Morgan fingerprint density at radius 1 is 1.17 bits per heavy atom. The van der Waals surface area contributed by atoms with Crippen molar-refractivity contribution in [2.75, 3.05) is 13.6 Å². The number of benzene rings is 1. The molecule has 0 aromatic heterocycles. The molecule has 2 N–H and O–H groups in total. The van der Waals surface area contributed by atoms with Gasteiger partial charge in [0.2, 0.25) is 0 Å². The summed E-state index contributed by atoms with van der Waals surface area (Å²) >= 11 is 0. The van der Waals surface area contributed by atoms with Crippen molar-refractivity contribution in [2.45, 2.75) is 38.9 Å². The van der Waals surface area contributed by atoms with E-state index < -0.39 is 35.7 Å². The van der Waals surface area contributed by atoms with Gasteiger partial charge < -0.3 is 19.7 Å². The molecule has 0 spiro atoms. The molecule has 7 heteroatoms. The molecule has 1 aromatic carbocycles. The summed E-state index contributed by atoms with van der Waals surface area (Å²) in [6, 6.07) is 1.74. The number of rotatable bonds is 4. The summed E-state index contributed by atoms with van der Waals surface area (Å²) in [6.45, 7) is 7.98. The number of likely N-dealkylation sites (N-methyl/N-ethyl adjacent to an activating group) is 1. The van der Waals surface area contributed by atoms with E-state index in [0.717, 1.165) is 12.1 Å². The van der Waals surface area contributed by atoms with Gasteiger partial charge in [0.25, 0.3) is 0 Å². The Morgan fingerprint density at radius 3 is 2.09 bits per heavy atom. The molecule has 0 unspecified atom stereocenters. The molecule has 0 aliphatic carbocycles. The molecule has 1 heterocycles. The van der Waals surface area contributed by atoms with Gasteiger partial charge in [-0.1, -0.05) is 6.08 Å². The predicted molar refractivity (Wildman–Crippen MR) is 86.0 cm³/mol. The zero-order valence-corrected chi connectivity index (χ0v) is 14.0. The molecule has 126 valence electrons. The van der Waals surface area contributed by atoms with Gasteiger partial charge in [0, 0.05) is 24.2 Å². The maximum absolute atomic E-state index is 14.0. The third-order valence-corrected chi connectivity index (χ3v) is 4.33. The lowest BCUT2D eigenvalue weighted by Gasteiger charge is -2.32. The zero-order valence-electron chi connectivity index (χ0n) is 14.0. The second kappa shape index (κ2) is 6.22. The van der Waals surface area contributed by atoms with Crippen molar-refractivity contribution in [1.29, 1.82) is 0 Å². The third kappa shape index (κ3) is 3.57. The van der Waals surface area contributed by atoms with Gasteiger partial charge in [0.1, 0.15) is 17.4 Å². The first-order valence-electron chi connectivity index (χ1n) is 7.46. The highest BCUT2D eigenvalue weighted by atomic mass is 19.1. The van der Waals surface area contributed by atoms with E-state index in [-0.39, 0.29) is 5.56 Å². The monoisotopic (exact) mass is 325 g/mol. The molecule has 0 atom stereocenters. The minimum Gasteiger partial charge on any atom is -0.508 e. The van der Waals surface area contributed by atoms with E-state index in [1.165, 1.54) is 6.08 Å². The van der Waals surface area contributed by atoms with Gasteiger partial charge in [-0.15, -0.1) is 0 Å². The van der Waals surface area contributed by atoms with Crippen LogP contribution in [0.2, 0.25) is 0 Å². The van der Waals surface area contributed by atoms with E-state index in [1.807, 2.05) is 27.7 Å². The molecule has 1 aliphatic heterocycles. The number of hydrogen-bond acceptors (Lipinski definition) is 4. The van der Waals surface area contributed by atoms with Crippen molar-refractivity contribution in [1.82, 2.24) is 5.32 Å². The largest absolute Gasteiger partial charge is 0.508 e. The Hall–Kier alpha value is -1.44. The summed E-state index contributed by atoms with van der Waals surface area (Å²) < 4.78 is 39.8. The Bertz CT molecular complexity index is 593. The van der Waals surface area contributed by atoms with Crippen molar-refractivity contribution in [3.63, 3.8) is 0 Å². The smallest absolute Gasteiger partial charge is 0.491 e. The summed E-state index contributed by atoms with van der Waals surface area (Å²) in [5.74, 6) is -2.14. The molecule has 1 saturated heterocycles. The minimum absolute atomic E-state index is 0.234. The second-order valence-electron chi connectivity index (χ2n) is 6.66. The third-order valence-electron chi connectivity index (χ3n) is 4.33. The van der Waals surface area contributed by atoms with Crippen molar-refractivity contribution in [3.8, 4) is 5.75 Å². The lowest BCUT2D eigenvalue weighted by molar-refractivity contribution is 0.00578. The van der Waals surface area contributed by atoms with Crippen LogP contribution in [0.15, 0.2) is 17.6 Å². The fraction of sp³-hybridized carbons (Fsp3) is 0.500. The number of hydrogen-bond donors (Lipinski definition) is 2. The van der Waals surface area contributed by atoms with E-state index >= 15 is 0 Å². The summed E-state index contributed by atoms with van der Waals surface area (Å²) in [5, 5.41) is 12.2. The standard InChI is InChI=1S/C16H22BF2NO3/c1-15(2)16(3,4)23-17(22-15)10(9-20-5)6-12-13(18)7-11(21)8-14(12)19/h6-8,20-21H,9H2,1-5H3. The Labute approximate surface area is 135 Å². The number of nitrogens with one attached hydrogen (secondary N) is 1. The van der Waals surface area contributed by atoms with Crippen LogP contribution in [0, 0.1) is 11.6 Å². The van der Waals surface area contributed by atoms with Crippen LogP contribution in [0.25, 0.3) is 6.08 Å². The maximum atomic E-state index is 14.0. The molecule has 0 radical (unpaired) electrons. The lowest BCUT2D eigenvalue weighted by atomic mass is 9.77. The number of halogens is 2. The molecular weight excluding hydrogens is 303 g/mol. The van der Waals surface area contributed by atoms with E-state index in [9.17, 15) is 13.9 Å². The van der Waals surface area contributed by atoms with Crippen LogP contribution in [0.3, 0.4) is 0 Å². The first-order chi connectivity index (χ1) is 10.6. The topological polar surface area (TPSA) is 50.7 Å². The molecule has 0 saturated carbocycles. The van der Waals surface area contributed by atoms with Crippen LogP contribution in [-0.2, 0) is 9.31 Å². The Balaban J connectivity index is 2.41. The van der Waals surface area contributed by atoms with Crippen molar-refractivity contribution < 1.29 is 23.2 Å². The zero-order chi connectivity index (χ0) is 17.4. The molecule has 4 nitrogen and oxygen atoms in total. The van der Waals surface area contributed by atoms with E-state index in [2.05, 4.69) is 5.32 Å². The molecule has 2 rings (SSSR count). The highest BCUT2D eigenvalue weighted by Crippen LogP contribution is 2.39. The first kappa shape index (κ1) is 17.9. The van der Waals surface area contributed by atoms with Gasteiger partial charge in [-0.3, -0.25) is 0 Å². The van der Waals surface area contributed by atoms with Crippen LogP contribution < -0.4 is 5.32 Å². The summed E-state index contributed by atoms with van der Waals surface area (Å²) in [7, 11) is 1.02. The summed E-state index contributed by atoms with van der Waals surface area (Å²) in [5.41, 5.74) is -0.759. The number of phenolic OH excluding ortho intramolecular Hbond substituents is 1. The summed E-state index contributed by atoms with van der Waals surface area (Å²) in [6.07, 6.45) is 1.36. The molecular formula is C16H22BF2NO3. The quantitative estimate of drug-likeness (QED) is 0.836. The van der Waals surface area contributed by atoms with Crippen molar-refractivity contribution in [2.24, 2.45) is 0 Å². The fourth-order valence-corrected chi connectivity index (χ4v) is 2.30. The first-order valence-corrected chi connectivity index (χ1v) is 7.46. The average Bonchev–Trinajstić information content (AvgIpc) is 2.61. The van der Waals surface area contributed by atoms with Gasteiger partial charge in [0.15, 0.2) is 0 Å². The van der Waals surface area contributed by atoms with Crippen molar-refractivity contribution >= 4 is 13.2 Å². The van der Waals surface area contributed by atoms with Crippen LogP contribution in [0.4, 0.5) is 8.78 Å². The maximum Gasteiger partial charge on any atom is 0.491 e. The lowest BCUT2D eigenvalue weighted by Crippen LogP contribution is -2.41. The highest BCUT2D eigenvalue weighted by Gasteiger charge is 2.52. The Morgan fingerprint density at radius 2 is 1.65 bits per heavy atom. The average molecular weight is 325 g/mol. The highest BCUT2D eigenvalue weighted by molar-refractivity contribution is 6.55. The van der Waals surface area contributed by atoms with Gasteiger partial charge >= 0.3 is 7.12 Å². The SMILES string of the molecule is CNCC(=Cc1c(F)cc(O)cc1F)B1OC(C)(C)C(C)(C)O1. The second-order valence-corrected chi connectivity index (χ2v) is 6.66. The molecule has 1 aliphatic rings. The van der Waals surface area contributed by atoms with Gasteiger partial charge in [-0.05, 0) is 40.2 Å². The molecule has 0 amide bonds. The van der Waals surface area contributed by atoms with Gasteiger partial charge in [-0.25, -0.2) is 8.78 Å². The van der Waals surface area contributed by atoms with Crippen molar-refractivity contribution in [3.05, 3.63) is 34.8 Å². The molecule has 1 fully saturated rings. The number of aromatic hydroxyl groups is 1. The van der Waals surface area contributed by atoms with E-state index in [1.54, 1.807) is 7.05 Å².